The maximum absolute atomic E-state index is 12.4. The number of pyridine rings is 1. The Morgan fingerprint density at radius 1 is 1.30 bits per heavy atom. The first-order chi connectivity index (χ1) is 10.9. The quantitative estimate of drug-likeness (QED) is 0.857. The molecule has 1 amide bonds. The van der Waals surface area contributed by atoms with Crippen molar-refractivity contribution in [2.75, 3.05) is 29.9 Å². The number of nitrogens with zero attached hydrogens (tertiary/aromatic N) is 2. The zero-order valence-corrected chi connectivity index (χ0v) is 14.6. The van der Waals surface area contributed by atoms with Gasteiger partial charge < -0.3 is 10.2 Å². The van der Waals surface area contributed by atoms with Crippen LogP contribution in [0.15, 0.2) is 18.3 Å². The third-order valence-corrected chi connectivity index (χ3v) is 5.73. The van der Waals surface area contributed by atoms with Crippen LogP contribution in [0.5, 0.6) is 0 Å². The minimum absolute atomic E-state index is 0.0427. The van der Waals surface area contributed by atoms with E-state index in [1.807, 2.05) is 6.07 Å². The summed E-state index contributed by atoms with van der Waals surface area (Å²) in [6.45, 7) is 4.80. The number of carbonyl (C=O) groups is 1. The molecule has 2 rings (SSSR count). The van der Waals surface area contributed by atoms with E-state index in [1.54, 1.807) is 17.2 Å². The fourth-order valence-corrected chi connectivity index (χ4v) is 3.84. The zero-order valence-electron chi connectivity index (χ0n) is 13.8. The fraction of sp³-hybridized carbons (Fsp3) is 0.625. The Morgan fingerprint density at radius 3 is 2.52 bits per heavy atom. The van der Waals surface area contributed by atoms with Crippen molar-refractivity contribution >= 4 is 21.6 Å². The molecule has 1 atom stereocenters. The molecule has 2 heterocycles. The lowest BCUT2D eigenvalue weighted by molar-refractivity contribution is 0.0770. The average Bonchev–Trinajstić information content (AvgIpc) is 2.54. The second-order valence-corrected chi connectivity index (χ2v) is 8.22. The normalized spacial score (nSPS) is 18.4. The molecule has 1 N–H and O–H groups in total. The second-order valence-electron chi connectivity index (χ2n) is 5.91. The highest BCUT2D eigenvalue weighted by Crippen LogP contribution is 2.14. The fourth-order valence-electron chi connectivity index (χ4n) is 2.64. The number of rotatable bonds is 6. The van der Waals surface area contributed by atoms with E-state index in [9.17, 15) is 13.2 Å². The predicted molar refractivity (Wildman–Crippen MR) is 91.4 cm³/mol. The SMILES string of the molecule is CCCC(CC)Nc1ccc(C(=O)N2CCS(=O)(=O)CC2)cn1. The molecule has 0 saturated carbocycles. The molecule has 1 aromatic heterocycles. The smallest absolute Gasteiger partial charge is 0.255 e. The van der Waals surface area contributed by atoms with Crippen molar-refractivity contribution in [3.05, 3.63) is 23.9 Å². The van der Waals surface area contributed by atoms with Crippen LogP contribution in [0.1, 0.15) is 43.5 Å². The van der Waals surface area contributed by atoms with Crippen LogP contribution in [0.2, 0.25) is 0 Å². The van der Waals surface area contributed by atoms with Gasteiger partial charge in [-0.15, -0.1) is 0 Å². The van der Waals surface area contributed by atoms with E-state index in [4.69, 9.17) is 0 Å². The van der Waals surface area contributed by atoms with Crippen molar-refractivity contribution in [3.63, 3.8) is 0 Å². The number of carbonyl (C=O) groups excluding carboxylic acids is 1. The van der Waals surface area contributed by atoms with E-state index in [0.717, 1.165) is 25.1 Å². The second kappa shape index (κ2) is 7.77. The average molecular weight is 339 g/mol. The highest BCUT2D eigenvalue weighted by Gasteiger charge is 2.25. The van der Waals surface area contributed by atoms with Gasteiger partial charge in [-0.2, -0.15) is 0 Å². The molecule has 0 bridgehead atoms. The molecule has 1 saturated heterocycles. The van der Waals surface area contributed by atoms with Gasteiger partial charge in [-0.1, -0.05) is 20.3 Å². The van der Waals surface area contributed by atoms with Gasteiger partial charge in [0.1, 0.15) is 5.82 Å². The monoisotopic (exact) mass is 339 g/mol. The summed E-state index contributed by atoms with van der Waals surface area (Å²) in [5.41, 5.74) is 0.499. The summed E-state index contributed by atoms with van der Waals surface area (Å²) in [5.74, 6) is 0.699. The molecule has 23 heavy (non-hydrogen) atoms. The first-order valence-corrected chi connectivity index (χ1v) is 9.99. The van der Waals surface area contributed by atoms with E-state index < -0.39 is 9.84 Å². The standard InChI is InChI=1S/C16H25N3O3S/c1-3-5-14(4-2)18-15-7-6-13(12-17-15)16(20)19-8-10-23(21,22)11-9-19/h6-7,12,14H,3-5,8-11H2,1-2H3,(H,17,18). The number of nitrogens with one attached hydrogen (secondary N) is 1. The Bertz CT molecular complexity index is 614. The third kappa shape index (κ3) is 4.92. The molecule has 1 aliphatic heterocycles. The first kappa shape index (κ1) is 17.7. The van der Waals surface area contributed by atoms with Crippen LogP contribution in [-0.2, 0) is 9.84 Å². The summed E-state index contributed by atoms with van der Waals surface area (Å²) in [4.78, 5) is 18.3. The summed E-state index contributed by atoms with van der Waals surface area (Å²) >= 11 is 0. The number of anilines is 1. The number of hydrogen-bond donors (Lipinski definition) is 1. The molecular formula is C16H25N3O3S. The van der Waals surface area contributed by atoms with Crippen LogP contribution in [0.25, 0.3) is 0 Å². The number of sulfone groups is 1. The zero-order chi connectivity index (χ0) is 16.9. The summed E-state index contributed by atoms with van der Waals surface area (Å²) in [6.07, 6.45) is 4.78. The highest BCUT2D eigenvalue weighted by atomic mass is 32.2. The van der Waals surface area contributed by atoms with Crippen molar-refractivity contribution in [3.8, 4) is 0 Å². The molecule has 1 aliphatic rings. The minimum atomic E-state index is -2.98. The lowest BCUT2D eigenvalue weighted by atomic mass is 10.1. The maximum atomic E-state index is 12.4. The Labute approximate surface area is 138 Å². The molecule has 6 nitrogen and oxygen atoms in total. The van der Waals surface area contributed by atoms with Gasteiger partial charge in [-0.3, -0.25) is 4.79 Å². The predicted octanol–water partition coefficient (Wildman–Crippen LogP) is 1.94. The largest absolute Gasteiger partial charge is 0.367 e. The lowest BCUT2D eigenvalue weighted by Crippen LogP contribution is -2.43. The summed E-state index contributed by atoms with van der Waals surface area (Å²) in [6, 6.07) is 3.95. The van der Waals surface area contributed by atoms with Gasteiger partial charge in [-0.25, -0.2) is 13.4 Å². The summed E-state index contributed by atoms with van der Waals surface area (Å²) in [5, 5.41) is 3.37. The molecular weight excluding hydrogens is 314 g/mol. The molecule has 128 valence electrons. The molecule has 7 heteroatoms. The van der Waals surface area contributed by atoms with Gasteiger partial charge >= 0.3 is 0 Å². The molecule has 1 aromatic rings. The Balaban J connectivity index is 1.97. The van der Waals surface area contributed by atoms with Crippen molar-refractivity contribution in [2.45, 2.75) is 39.2 Å². The number of amides is 1. The van der Waals surface area contributed by atoms with Gasteiger partial charge in [-0.05, 0) is 25.0 Å². The Morgan fingerprint density at radius 2 is 2.00 bits per heavy atom. The van der Waals surface area contributed by atoms with E-state index >= 15 is 0 Å². The van der Waals surface area contributed by atoms with Crippen molar-refractivity contribution in [1.29, 1.82) is 0 Å². The Hall–Kier alpha value is -1.63. The third-order valence-electron chi connectivity index (χ3n) is 4.12. The van der Waals surface area contributed by atoms with Crippen LogP contribution in [0, 0.1) is 0 Å². The number of aromatic nitrogens is 1. The van der Waals surface area contributed by atoms with Gasteiger partial charge in [0.2, 0.25) is 0 Å². The van der Waals surface area contributed by atoms with E-state index in [1.165, 1.54) is 0 Å². The van der Waals surface area contributed by atoms with Crippen molar-refractivity contribution in [2.24, 2.45) is 0 Å². The van der Waals surface area contributed by atoms with Gasteiger partial charge in [0.15, 0.2) is 9.84 Å². The van der Waals surface area contributed by atoms with E-state index in [2.05, 4.69) is 24.1 Å². The molecule has 1 fully saturated rings. The van der Waals surface area contributed by atoms with Crippen LogP contribution in [0.3, 0.4) is 0 Å². The van der Waals surface area contributed by atoms with Crippen LogP contribution in [0.4, 0.5) is 5.82 Å². The van der Waals surface area contributed by atoms with E-state index in [0.29, 0.717) is 11.6 Å². The minimum Gasteiger partial charge on any atom is -0.367 e. The topological polar surface area (TPSA) is 79.4 Å². The van der Waals surface area contributed by atoms with Crippen LogP contribution < -0.4 is 5.32 Å². The first-order valence-electron chi connectivity index (χ1n) is 8.17. The maximum Gasteiger partial charge on any atom is 0.255 e. The van der Waals surface area contributed by atoms with E-state index in [-0.39, 0.29) is 30.5 Å². The van der Waals surface area contributed by atoms with Crippen molar-refractivity contribution in [1.82, 2.24) is 9.88 Å². The summed E-state index contributed by atoms with van der Waals surface area (Å²) < 4.78 is 22.9. The highest BCUT2D eigenvalue weighted by molar-refractivity contribution is 7.91. The lowest BCUT2D eigenvalue weighted by Gasteiger charge is -2.26. The van der Waals surface area contributed by atoms with Crippen LogP contribution >= 0.6 is 0 Å². The summed E-state index contributed by atoms with van der Waals surface area (Å²) in [7, 11) is -2.98. The molecule has 0 aliphatic carbocycles. The molecule has 0 spiro atoms. The molecule has 0 radical (unpaired) electrons. The van der Waals surface area contributed by atoms with Crippen LogP contribution in [-0.4, -0.2) is 54.8 Å². The van der Waals surface area contributed by atoms with Gasteiger partial charge in [0.05, 0.1) is 17.1 Å². The van der Waals surface area contributed by atoms with Crippen molar-refractivity contribution < 1.29 is 13.2 Å². The van der Waals surface area contributed by atoms with Gasteiger partial charge in [0, 0.05) is 25.3 Å². The molecule has 1 unspecified atom stereocenters. The molecule has 0 aromatic carbocycles. The van der Waals surface area contributed by atoms with Gasteiger partial charge in [0.25, 0.3) is 5.91 Å². The Kier molecular flexibility index (Phi) is 5.98. The number of hydrogen-bond acceptors (Lipinski definition) is 5.